The lowest BCUT2D eigenvalue weighted by Crippen LogP contribution is -2.20. The molecule has 4 rings (SSSR count). The Morgan fingerprint density at radius 3 is 2.90 bits per heavy atom. The van der Waals surface area contributed by atoms with Gasteiger partial charge in [0.2, 0.25) is 0 Å². The molecule has 0 aliphatic carbocycles. The van der Waals surface area contributed by atoms with Crippen molar-refractivity contribution in [2.75, 3.05) is 6.61 Å². The zero-order chi connectivity index (χ0) is 20.8. The fourth-order valence-corrected chi connectivity index (χ4v) is 2.97. The van der Waals surface area contributed by atoms with E-state index in [2.05, 4.69) is 32.0 Å². The van der Waals surface area contributed by atoms with Crippen LogP contribution in [0.25, 0.3) is 11.4 Å². The van der Waals surface area contributed by atoms with E-state index in [1.54, 1.807) is 17.7 Å². The highest BCUT2D eigenvalue weighted by atomic mass is 19.1. The predicted octanol–water partition coefficient (Wildman–Crippen LogP) is 0.717. The van der Waals surface area contributed by atoms with Crippen molar-refractivity contribution in [3.05, 3.63) is 47.1 Å². The van der Waals surface area contributed by atoms with Gasteiger partial charge in [-0.3, -0.25) is 5.10 Å². The van der Waals surface area contributed by atoms with E-state index >= 15 is 0 Å². The molecule has 10 heteroatoms. The predicted molar refractivity (Wildman–Crippen MR) is 99.8 cm³/mol. The molecule has 1 aliphatic rings. The summed E-state index contributed by atoms with van der Waals surface area (Å²) in [5, 5.41) is 26.7. The van der Waals surface area contributed by atoms with E-state index in [4.69, 9.17) is 10.5 Å². The van der Waals surface area contributed by atoms with E-state index in [1.807, 2.05) is 0 Å². The van der Waals surface area contributed by atoms with Gasteiger partial charge in [0.15, 0.2) is 11.4 Å². The first-order valence-corrected chi connectivity index (χ1v) is 8.87. The maximum absolute atomic E-state index is 14.6. The first kappa shape index (κ1) is 19.1. The quantitative estimate of drug-likeness (QED) is 0.369. The topological polar surface area (TPSA) is 135 Å². The smallest absolute Gasteiger partial charge is 0.194 e. The summed E-state index contributed by atoms with van der Waals surface area (Å²) >= 11 is 0. The second-order valence-corrected chi connectivity index (χ2v) is 6.87. The molecule has 5 N–H and O–H groups in total. The van der Waals surface area contributed by atoms with Gasteiger partial charge in [-0.15, -0.1) is 0 Å². The van der Waals surface area contributed by atoms with Gasteiger partial charge >= 0.3 is 0 Å². The van der Waals surface area contributed by atoms with Crippen LogP contribution in [-0.2, 0) is 12.1 Å². The van der Waals surface area contributed by atoms with Gasteiger partial charge in [-0.25, -0.2) is 14.4 Å². The number of imidazole rings is 1. The molecule has 29 heavy (non-hydrogen) atoms. The summed E-state index contributed by atoms with van der Waals surface area (Å²) in [6.45, 7) is 3.89. The van der Waals surface area contributed by atoms with Crippen LogP contribution in [0.4, 0.5) is 4.39 Å². The van der Waals surface area contributed by atoms with Crippen molar-refractivity contribution in [2.45, 2.75) is 32.2 Å². The third-order valence-electron chi connectivity index (χ3n) is 4.47. The molecule has 0 fully saturated rings. The molecule has 0 saturated heterocycles. The number of aliphatic hydroxyl groups excluding tert-OH is 1. The minimum atomic E-state index is -1.67. The molecule has 150 valence electrons. The molecule has 3 heterocycles. The number of aromatic amines is 1. The highest BCUT2D eigenvalue weighted by Crippen LogP contribution is 2.34. The number of nitrogens with zero attached hydrogens (tertiary/aromatic N) is 4. The van der Waals surface area contributed by atoms with Crippen LogP contribution in [0, 0.1) is 24.6 Å². The van der Waals surface area contributed by atoms with Gasteiger partial charge in [0, 0.05) is 12.3 Å². The number of aliphatic hydroxyl groups is 2. The lowest BCUT2D eigenvalue weighted by atomic mass is 10.0. The van der Waals surface area contributed by atoms with E-state index in [1.165, 1.54) is 19.1 Å². The number of nitrogens with one attached hydrogen (secondary N) is 1. The van der Waals surface area contributed by atoms with Gasteiger partial charge in [0.1, 0.15) is 41.7 Å². The second-order valence-electron chi connectivity index (χ2n) is 6.87. The number of ether oxygens (including phenoxy) is 1. The summed E-state index contributed by atoms with van der Waals surface area (Å²) in [7, 11) is 0. The average Bonchev–Trinajstić information content (AvgIpc) is 3.25. The summed E-state index contributed by atoms with van der Waals surface area (Å²) in [4.78, 5) is 8.41. The standard InChI is InChI=1S/C19H19FN6O3/c1-10-22-18(25-24-10)19(2,28)4-3-11-7-12-15(8-13(11)20)29-6-5-26-9-14(16(21)27)23-17(12)26/h7-9,16,27-28H,5-6,21H2,1-2H3,(H,22,24,25). The Bertz CT molecular complexity index is 1140. The summed E-state index contributed by atoms with van der Waals surface area (Å²) in [5.41, 5.74) is 4.70. The highest BCUT2D eigenvalue weighted by molar-refractivity contribution is 5.68. The van der Waals surface area contributed by atoms with Gasteiger partial charge in [0.05, 0.1) is 17.7 Å². The monoisotopic (exact) mass is 398 g/mol. The van der Waals surface area contributed by atoms with Crippen LogP contribution in [0.15, 0.2) is 18.3 Å². The van der Waals surface area contributed by atoms with Crippen molar-refractivity contribution in [1.29, 1.82) is 0 Å². The summed E-state index contributed by atoms with van der Waals surface area (Å²) < 4.78 is 22.0. The van der Waals surface area contributed by atoms with Crippen LogP contribution in [0.2, 0.25) is 0 Å². The van der Waals surface area contributed by atoms with Gasteiger partial charge in [-0.2, -0.15) is 5.10 Å². The molecule has 1 aromatic carbocycles. The molecule has 0 amide bonds. The van der Waals surface area contributed by atoms with Crippen molar-refractivity contribution < 1.29 is 19.3 Å². The number of hydrogen-bond acceptors (Lipinski definition) is 7. The molecule has 0 spiro atoms. The SMILES string of the molecule is Cc1nc(C(C)(O)C#Cc2cc3c(cc2F)OCCn2cc(C(N)O)nc2-3)n[nH]1. The largest absolute Gasteiger partial charge is 0.491 e. The van der Waals surface area contributed by atoms with Crippen LogP contribution < -0.4 is 10.5 Å². The second kappa shape index (κ2) is 6.97. The Morgan fingerprint density at radius 1 is 1.41 bits per heavy atom. The lowest BCUT2D eigenvalue weighted by Gasteiger charge is -2.11. The molecule has 2 atom stereocenters. The minimum Gasteiger partial charge on any atom is -0.491 e. The zero-order valence-corrected chi connectivity index (χ0v) is 15.8. The number of nitrogens with two attached hydrogens (primary N) is 1. The number of H-pyrrole nitrogens is 1. The highest BCUT2D eigenvalue weighted by Gasteiger charge is 2.26. The fourth-order valence-electron chi connectivity index (χ4n) is 2.97. The molecule has 0 saturated carbocycles. The molecule has 9 nitrogen and oxygen atoms in total. The Balaban J connectivity index is 1.78. The number of benzene rings is 1. The number of halogens is 1. The van der Waals surface area contributed by atoms with Crippen LogP contribution in [0.5, 0.6) is 5.75 Å². The maximum Gasteiger partial charge on any atom is 0.194 e. The molecule has 1 aliphatic heterocycles. The van der Waals surface area contributed by atoms with E-state index < -0.39 is 17.6 Å². The zero-order valence-electron chi connectivity index (χ0n) is 15.8. The number of aromatic nitrogens is 5. The van der Waals surface area contributed by atoms with Gasteiger partial charge in [-0.1, -0.05) is 11.8 Å². The third-order valence-corrected chi connectivity index (χ3v) is 4.47. The Labute approximate surface area is 165 Å². The molecule has 2 unspecified atom stereocenters. The molecule has 0 radical (unpaired) electrons. The molecular formula is C19H19FN6O3. The van der Waals surface area contributed by atoms with Crippen molar-refractivity contribution in [1.82, 2.24) is 24.7 Å². The molecule has 3 aromatic rings. The first-order valence-electron chi connectivity index (χ1n) is 8.87. The summed E-state index contributed by atoms with van der Waals surface area (Å²) in [6.07, 6.45) is 0.405. The summed E-state index contributed by atoms with van der Waals surface area (Å²) in [5.74, 6) is 6.08. The Morgan fingerprint density at radius 2 is 2.21 bits per heavy atom. The lowest BCUT2D eigenvalue weighted by molar-refractivity contribution is 0.112. The van der Waals surface area contributed by atoms with Crippen molar-refractivity contribution >= 4 is 0 Å². The van der Waals surface area contributed by atoms with E-state index in [0.29, 0.717) is 41.8 Å². The molecular weight excluding hydrogens is 379 g/mol. The fraction of sp³-hybridized carbons (Fsp3) is 0.316. The number of rotatable bonds is 2. The Kier molecular flexibility index (Phi) is 4.58. The van der Waals surface area contributed by atoms with E-state index in [-0.39, 0.29) is 11.4 Å². The van der Waals surface area contributed by atoms with Crippen molar-refractivity contribution in [3.8, 4) is 29.0 Å². The van der Waals surface area contributed by atoms with Crippen LogP contribution in [0.3, 0.4) is 0 Å². The normalized spacial score (nSPS) is 15.8. The number of aryl methyl sites for hydroxylation is 1. The van der Waals surface area contributed by atoms with E-state index in [9.17, 15) is 14.6 Å². The van der Waals surface area contributed by atoms with Gasteiger partial charge in [-0.05, 0) is 19.9 Å². The van der Waals surface area contributed by atoms with Crippen LogP contribution in [-0.4, -0.2) is 41.6 Å². The maximum atomic E-state index is 14.6. The van der Waals surface area contributed by atoms with Crippen molar-refractivity contribution in [2.24, 2.45) is 5.73 Å². The number of hydrogen-bond donors (Lipinski definition) is 4. The van der Waals surface area contributed by atoms with Crippen molar-refractivity contribution in [3.63, 3.8) is 0 Å². The van der Waals surface area contributed by atoms with Gasteiger partial charge in [0.25, 0.3) is 0 Å². The number of fused-ring (bicyclic) bond motifs is 3. The van der Waals surface area contributed by atoms with Gasteiger partial charge < -0.3 is 25.3 Å². The average molecular weight is 398 g/mol. The first-order chi connectivity index (χ1) is 13.7. The molecule has 0 bridgehead atoms. The van der Waals surface area contributed by atoms with E-state index in [0.717, 1.165) is 0 Å². The summed E-state index contributed by atoms with van der Waals surface area (Å²) in [6, 6.07) is 2.72. The van der Waals surface area contributed by atoms with Crippen LogP contribution in [0.1, 0.15) is 36.1 Å². The third kappa shape index (κ3) is 3.58. The molecule has 2 aromatic heterocycles. The minimum absolute atomic E-state index is 0.0474. The Hall–Kier alpha value is -3.26. The van der Waals surface area contributed by atoms with Crippen LogP contribution >= 0.6 is 0 Å².